The smallest absolute Gasteiger partial charge is 0.219 e. The van der Waals surface area contributed by atoms with E-state index >= 15 is 0 Å². The van der Waals surface area contributed by atoms with Crippen molar-refractivity contribution >= 4 is 16.3 Å². The van der Waals surface area contributed by atoms with Gasteiger partial charge in [-0.2, -0.15) is 4.40 Å². The van der Waals surface area contributed by atoms with Crippen LogP contribution in [-0.4, -0.2) is 19.3 Å². The fraction of sp³-hybridized carbons (Fsp3) is 0.0952. The summed E-state index contributed by atoms with van der Waals surface area (Å²) in [7, 11) is 3.20. The van der Waals surface area contributed by atoms with Gasteiger partial charge in [0.15, 0.2) is 23.4 Å². The first-order valence-corrected chi connectivity index (χ1v) is 7.99. The molecule has 0 atom stereocenters. The Labute approximate surface area is 162 Å². The molecule has 4 rings (SSSR count). The minimum Gasteiger partial charge on any atom is -1.00 e. The highest BCUT2D eigenvalue weighted by Gasteiger charge is 2.17. The van der Waals surface area contributed by atoms with Crippen molar-refractivity contribution in [3.05, 3.63) is 67.0 Å². The average Bonchev–Trinajstić information content (AvgIpc) is 2.67. The van der Waals surface area contributed by atoms with E-state index in [0.29, 0.717) is 11.5 Å². The van der Waals surface area contributed by atoms with Gasteiger partial charge in [-0.05, 0) is 23.3 Å². The third-order valence-corrected chi connectivity index (χ3v) is 4.43. The molecule has 2 heterocycles. The van der Waals surface area contributed by atoms with Crippen molar-refractivity contribution < 1.29 is 36.0 Å². The van der Waals surface area contributed by atoms with E-state index in [2.05, 4.69) is 18.2 Å². The highest BCUT2D eigenvalue weighted by atomic mass is 79.9. The summed E-state index contributed by atoms with van der Waals surface area (Å²) in [6, 6.07) is 18.1. The predicted octanol–water partition coefficient (Wildman–Crippen LogP) is 0.972. The molecule has 0 spiro atoms. The molecule has 2 aromatic carbocycles. The van der Waals surface area contributed by atoms with Crippen LogP contribution in [0.1, 0.15) is 0 Å². The summed E-state index contributed by atoms with van der Waals surface area (Å²) in [5.74, 6) is 1.42. The van der Waals surface area contributed by atoms with Crippen molar-refractivity contribution in [2.75, 3.05) is 14.2 Å². The van der Waals surface area contributed by atoms with E-state index in [1.54, 1.807) is 26.5 Å². The van der Waals surface area contributed by atoms with Gasteiger partial charge in [0, 0.05) is 17.5 Å². The Morgan fingerprint density at radius 1 is 0.808 bits per heavy atom. The molecule has 1 N–H and O–H groups in total. The first kappa shape index (κ1) is 18.0. The minimum absolute atomic E-state index is 0. The fourth-order valence-electron chi connectivity index (χ4n) is 3.15. The fourth-order valence-corrected chi connectivity index (χ4v) is 3.15. The molecule has 132 valence electrons. The van der Waals surface area contributed by atoms with Crippen molar-refractivity contribution in [2.24, 2.45) is 0 Å². The molecule has 0 radical (unpaired) electrons. The van der Waals surface area contributed by atoms with Crippen LogP contribution in [0.5, 0.6) is 17.2 Å². The van der Waals surface area contributed by atoms with E-state index in [1.807, 2.05) is 40.9 Å². The van der Waals surface area contributed by atoms with Crippen molar-refractivity contribution in [1.29, 1.82) is 0 Å². The van der Waals surface area contributed by atoms with Gasteiger partial charge < -0.3 is 31.6 Å². The molecule has 0 saturated carbocycles. The van der Waals surface area contributed by atoms with Gasteiger partial charge in [-0.1, -0.05) is 30.3 Å². The summed E-state index contributed by atoms with van der Waals surface area (Å²) in [5, 5.41) is 12.0. The zero-order valence-corrected chi connectivity index (χ0v) is 16.0. The van der Waals surface area contributed by atoms with E-state index in [-0.39, 0.29) is 22.7 Å². The quantitative estimate of drug-likeness (QED) is 0.403. The number of aromatic nitrogens is 1. The highest BCUT2D eigenvalue weighted by Crippen LogP contribution is 2.37. The highest BCUT2D eigenvalue weighted by molar-refractivity contribution is 6.00. The molecule has 5 heteroatoms. The van der Waals surface area contributed by atoms with E-state index in [1.165, 1.54) is 0 Å². The molecule has 0 aliphatic carbocycles. The standard InChI is InChI=1S/C21H17NO3.BrH/c1-24-20-11-16-17(12-21(20)25-2)19(23)13-22-9-8-15(10-18(16)22)14-6-4-3-5-7-14;/h3-13H,1-2H3;1H. The second-order valence-electron chi connectivity index (χ2n) is 5.84. The zero-order chi connectivity index (χ0) is 17.4. The Kier molecular flexibility index (Phi) is 5.00. The van der Waals surface area contributed by atoms with E-state index in [4.69, 9.17) is 9.47 Å². The largest absolute Gasteiger partial charge is 1.00 e. The van der Waals surface area contributed by atoms with Crippen LogP contribution in [-0.2, 0) is 0 Å². The Morgan fingerprint density at radius 2 is 1.46 bits per heavy atom. The van der Waals surface area contributed by atoms with Crippen molar-refractivity contribution in [3.8, 4) is 28.4 Å². The number of halogens is 1. The maximum atomic E-state index is 10.4. The van der Waals surface area contributed by atoms with Gasteiger partial charge in [0.25, 0.3) is 0 Å². The van der Waals surface area contributed by atoms with E-state index in [0.717, 1.165) is 27.4 Å². The van der Waals surface area contributed by atoms with Crippen LogP contribution >= 0.6 is 0 Å². The second-order valence-corrected chi connectivity index (χ2v) is 5.84. The van der Waals surface area contributed by atoms with Gasteiger partial charge in [-0.3, -0.25) is 0 Å². The molecular formula is C21H18BrNO3. The van der Waals surface area contributed by atoms with Crippen LogP contribution in [0.25, 0.3) is 27.4 Å². The minimum atomic E-state index is 0. The normalized spacial score (nSPS) is 10.5. The van der Waals surface area contributed by atoms with Gasteiger partial charge in [0.1, 0.15) is 0 Å². The molecule has 2 aromatic heterocycles. The molecule has 0 aliphatic heterocycles. The summed E-state index contributed by atoms with van der Waals surface area (Å²) in [4.78, 5) is 0. The van der Waals surface area contributed by atoms with Crippen LogP contribution in [0.4, 0.5) is 0 Å². The lowest BCUT2D eigenvalue weighted by atomic mass is 10.0. The number of fused-ring (bicyclic) bond motifs is 3. The van der Waals surface area contributed by atoms with Crippen LogP contribution < -0.4 is 30.9 Å². The lowest BCUT2D eigenvalue weighted by Gasteiger charge is -2.10. The lowest BCUT2D eigenvalue weighted by molar-refractivity contribution is -0.511. The van der Waals surface area contributed by atoms with Gasteiger partial charge in [0.2, 0.25) is 11.7 Å². The van der Waals surface area contributed by atoms with Gasteiger partial charge in [0.05, 0.1) is 19.6 Å². The first-order valence-electron chi connectivity index (χ1n) is 7.99. The van der Waals surface area contributed by atoms with E-state index in [9.17, 15) is 5.11 Å². The maximum Gasteiger partial charge on any atom is 0.219 e. The summed E-state index contributed by atoms with van der Waals surface area (Å²) < 4.78 is 12.7. The van der Waals surface area contributed by atoms with Crippen LogP contribution in [0.2, 0.25) is 0 Å². The molecule has 4 aromatic rings. The topological polar surface area (TPSA) is 42.8 Å². The third kappa shape index (κ3) is 2.95. The average molecular weight is 412 g/mol. The van der Waals surface area contributed by atoms with Gasteiger partial charge >= 0.3 is 0 Å². The number of pyridine rings is 2. The van der Waals surface area contributed by atoms with Crippen molar-refractivity contribution in [1.82, 2.24) is 0 Å². The monoisotopic (exact) mass is 411 g/mol. The number of benzene rings is 2. The van der Waals surface area contributed by atoms with Crippen LogP contribution in [0.15, 0.2) is 67.0 Å². The molecule has 0 fully saturated rings. The summed E-state index contributed by atoms with van der Waals surface area (Å²) in [5.41, 5.74) is 3.24. The van der Waals surface area contributed by atoms with Gasteiger partial charge in [-0.25, -0.2) is 0 Å². The Hall–Kier alpha value is -2.79. The number of hydrogen-bond donors (Lipinski definition) is 1. The Balaban J connectivity index is 0.00000196. The van der Waals surface area contributed by atoms with E-state index < -0.39 is 0 Å². The zero-order valence-electron chi connectivity index (χ0n) is 14.4. The molecule has 0 saturated heterocycles. The molecule has 0 unspecified atom stereocenters. The number of aromatic hydroxyl groups is 1. The maximum absolute atomic E-state index is 10.4. The second kappa shape index (κ2) is 7.22. The summed E-state index contributed by atoms with van der Waals surface area (Å²) >= 11 is 0. The Morgan fingerprint density at radius 3 is 2.12 bits per heavy atom. The Bertz CT molecular complexity index is 1080. The predicted molar refractivity (Wildman–Crippen MR) is 97.3 cm³/mol. The van der Waals surface area contributed by atoms with Crippen molar-refractivity contribution in [2.45, 2.75) is 0 Å². The first-order chi connectivity index (χ1) is 12.2. The molecular weight excluding hydrogens is 394 g/mol. The number of hydrogen-bond acceptors (Lipinski definition) is 3. The third-order valence-electron chi connectivity index (χ3n) is 4.43. The summed E-state index contributed by atoms with van der Waals surface area (Å²) in [6.07, 6.45) is 3.66. The number of methoxy groups -OCH3 is 2. The van der Waals surface area contributed by atoms with Crippen LogP contribution in [0, 0.1) is 0 Å². The SMILES string of the molecule is COc1cc2c(O)c[n+]3ccc(-c4ccccc4)cc3c2cc1OC.[Br-]. The number of nitrogens with zero attached hydrogens (tertiary/aromatic N) is 1. The number of ether oxygens (including phenoxy) is 2. The molecule has 26 heavy (non-hydrogen) atoms. The number of rotatable bonds is 3. The van der Waals surface area contributed by atoms with Crippen LogP contribution in [0.3, 0.4) is 0 Å². The molecule has 0 bridgehead atoms. The van der Waals surface area contributed by atoms with Gasteiger partial charge in [-0.15, -0.1) is 0 Å². The molecule has 0 amide bonds. The van der Waals surface area contributed by atoms with Crippen molar-refractivity contribution in [3.63, 3.8) is 0 Å². The lowest BCUT2D eigenvalue weighted by Crippen LogP contribution is -3.00. The summed E-state index contributed by atoms with van der Waals surface area (Å²) in [6.45, 7) is 0. The molecule has 4 nitrogen and oxygen atoms in total. The molecule has 0 aliphatic rings.